The van der Waals surface area contributed by atoms with E-state index in [2.05, 4.69) is 5.32 Å². The molecule has 140 valence electrons. The molecule has 1 aliphatic carbocycles. The highest BCUT2D eigenvalue weighted by molar-refractivity contribution is 5.75. The average molecular weight is 366 g/mol. The zero-order valence-electron chi connectivity index (χ0n) is 14.6. The van der Waals surface area contributed by atoms with Crippen LogP contribution in [-0.4, -0.2) is 17.0 Å². The normalized spacial score (nSPS) is 15.6. The van der Waals surface area contributed by atoms with Crippen LogP contribution in [0.15, 0.2) is 40.8 Å². The van der Waals surface area contributed by atoms with Crippen LogP contribution in [0.25, 0.3) is 0 Å². The molecule has 1 atom stereocenters. The summed E-state index contributed by atoms with van der Waals surface area (Å²) < 4.78 is 43.5. The van der Waals surface area contributed by atoms with E-state index >= 15 is 0 Å². The Hall–Kier alpha value is -2.44. The summed E-state index contributed by atoms with van der Waals surface area (Å²) in [5.74, 6) is 1.44. The molecular weight excluding hydrogens is 345 g/mol. The van der Waals surface area contributed by atoms with Crippen molar-refractivity contribution in [1.29, 1.82) is 0 Å². The number of carbonyl (C=O) groups excluding carboxylic acids is 1. The third kappa shape index (κ3) is 4.39. The van der Waals surface area contributed by atoms with Crippen LogP contribution >= 0.6 is 0 Å². The molecule has 0 aliphatic heterocycles. The quantitative estimate of drug-likeness (QED) is 0.806. The van der Waals surface area contributed by atoms with Gasteiger partial charge >= 0.3 is 12.2 Å². The lowest BCUT2D eigenvalue weighted by atomic mass is 10.1. The van der Waals surface area contributed by atoms with E-state index in [1.165, 1.54) is 12.1 Å². The summed E-state index contributed by atoms with van der Waals surface area (Å²) in [5.41, 5.74) is -0.0213. The maximum atomic E-state index is 12.7. The van der Waals surface area contributed by atoms with E-state index in [-0.39, 0.29) is 24.7 Å². The molecule has 1 saturated carbocycles. The van der Waals surface area contributed by atoms with Gasteiger partial charge in [-0.25, -0.2) is 4.79 Å². The van der Waals surface area contributed by atoms with Crippen LogP contribution in [0.4, 0.5) is 18.0 Å². The van der Waals surface area contributed by atoms with Crippen LogP contribution in [0.1, 0.15) is 48.5 Å². The lowest BCUT2D eigenvalue weighted by molar-refractivity contribution is -0.137. The number of urea groups is 1. The molecule has 0 bridgehead atoms. The molecule has 1 N–H and O–H groups in total. The summed E-state index contributed by atoms with van der Waals surface area (Å²) in [6.07, 6.45) is -2.55. The number of carbonyl (C=O) groups is 1. The summed E-state index contributed by atoms with van der Waals surface area (Å²) in [7, 11) is 0. The number of aryl methyl sites for hydroxylation is 1. The highest BCUT2D eigenvalue weighted by Gasteiger charge is 2.34. The molecule has 1 fully saturated rings. The number of nitrogens with zero attached hydrogens (tertiary/aromatic N) is 1. The van der Waals surface area contributed by atoms with Crippen LogP contribution < -0.4 is 5.32 Å². The average Bonchev–Trinajstić information content (AvgIpc) is 3.32. The van der Waals surface area contributed by atoms with Gasteiger partial charge in [-0.15, -0.1) is 0 Å². The summed E-state index contributed by atoms with van der Waals surface area (Å²) in [5, 5.41) is 2.90. The van der Waals surface area contributed by atoms with Gasteiger partial charge < -0.3 is 14.6 Å². The lowest BCUT2D eigenvalue weighted by Gasteiger charge is -2.25. The van der Waals surface area contributed by atoms with Gasteiger partial charge in [0.25, 0.3) is 0 Å². The number of hydrogen-bond acceptors (Lipinski definition) is 2. The predicted molar refractivity (Wildman–Crippen MR) is 90.4 cm³/mol. The number of furan rings is 1. The first kappa shape index (κ1) is 18.4. The molecule has 0 radical (unpaired) electrons. The Morgan fingerprint density at radius 1 is 1.23 bits per heavy atom. The number of rotatable bonds is 5. The van der Waals surface area contributed by atoms with Gasteiger partial charge in [-0.05, 0) is 56.5 Å². The molecule has 7 heteroatoms. The Morgan fingerprint density at radius 2 is 1.88 bits per heavy atom. The Bertz CT molecular complexity index is 764. The maximum Gasteiger partial charge on any atom is 0.416 e. The number of alkyl halides is 3. The minimum absolute atomic E-state index is 0.128. The molecule has 1 heterocycles. The van der Waals surface area contributed by atoms with Crippen molar-refractivity contribution in [2.75, 3.05) is 0 Å². The Labute approximate surface area is 150 Å². The van der Waals surface area contributed by atoms with Gasteiger partial charge in [0.05, 0.1) is 11.6 Å². The first-order valence-electron chi connectivity index (χ1n) is 8.53. The summed E-state index contributed by atoms with van der Waals surface area (Å²) in [6, 6.07) is 8.19. The summed E-state index contributed by atoms with van der Waals surface area (Å²) in [6.45, 7) is 3.94. The standard InChI is InChI=1S/C19H21F3N2O2/c1-12-3-10-17(26-12)13(2)23-18(25)24(16-8-9-16)11-14-4-6-15(7-5-14)19(20,21)22/h3-7,10,13,16H,8-9,11H2,1-2H3,(H,23,25). The molecule has 1 aliphatic rings. The molecule has 3 rings (SSSR count). The Balaban J connectivity index is 1.66. The second-order valence-corrected chi connectivity index (χ2v) is 6.67. The molecule has 1 aromatic heterocycles. The first-order chi connectivity index (χ1) is 12.2. The third-order valence-corrected chi connectivity index (χ3v) is 4.41. The zero-order chi connectivity index (χ0) is 18.9. The van der Waals surface area contributed by atoms with Gasteiger partial charge in [-0.3, -0.25) is 0 Å². The van der Waals surface area contributed by atoms with Crippen LogP contribution in [0.3, 0.4) is 0 Å². The van der Waals surface area contributed by atoms with Gasteiger partial charge in [-0.1, -0.05) is 12.1 Å². The van der Waals surface area contributed by atoms with Crippen LogP contribution in [0.5, 0.6) is 0 Å². The van der Waals surface area contributed by atoms with E-state index < -0.39 is 11.7 Å². The molecule has 2 aromatic rings. The van der Waals surface area contributed by atoms with Crippen LogP contribution in [0, 0.1) is 6.92 Å². The number of halogens is 3. The van der Waals surface area contributed by atoms with Crippen LogP contribution in [-0.2, 0) is 12.7 Å². The monoisotopic (exact) mass is 366 g/mol. The largest absolute Gasteiger partial charge is 0.464 e. The highest BCUT2D eigenvalue weighted by Crippen LogP contribution is 2.31. The fourth-order valence-electron chi connectivity index (χ4n) is 2.77. The maximum absolute atomic E-state index is 12.7. The van der Waals surface area contributed by atoms with Crippen molar-refractivity contribution in [1.82, 2.24) is 10.2 Å². The van der Waals surface area contributed by atoms with Gasteiger partial charge in [0, 0.05) is 12.6 Å². The van der Waals surface area contributed by atoms with Gasteiger partial charge in [-0.2, -0.15) is 13.2 Å². The van der Waals surface area contributed by atoms with Gasteiger partial charge in [0.15, 0.2) is 0 Å². The van der Waals surface area contributed by atoms with E-state index in [0.717, 1.165) is 30.7 Å². The molecular formula is C19H21F3N2O2. The molecule has 26 heavy (non-hydrogen) atoms. The van der Waals surface area contributed by atoms with Gasteiger partial charge in [0.2, 0.25) is 0 Å². The fourth-order valence-corrected chi connectivity index (χ4v) is 2.77. The van der Waals surface area contributed by atoms with E-state index in [1.54, 1.807) is 4.90 Å². The van der Waals surface area contributed by atoms with Crippen molar-refractivity contribution >= 4 is 6.03 Å². The second kappa shape index (κ2) is 7.05. The number of nitrogens with one attached hydrogen (secondary N) is 1. The zero-order valence-corrected chi connectivity index (χ0v) is 14.6. The SMILES string of the molecule is Cc1ccc(C(C)NC(=O)N(Cc2ccc(C(F)(F)F)cc2)C2CC2)o1. The second-order valence-electron chi connectivity index (χ2n) is 6.67. The topological polar surface area (TPSA) is 45.5 Å². The Kier molecular flexibility index (Phi) is 4.98. The molecule has 4 nitrogen and oxygen atoms in total. The predicted octanol–water partition coefficient (Wildman–Crippen LogP) is 5.04. The molecule has 1 unspecified atom stereocenters. The highest BCUT2D eigenvalue weighted by atomic mass is 19.4. The van der Waals surface area contributed by atoms with E-state index in [1.807, 2.05) is 26.0 Å². The fraction of sp³-hybridized carbons (Fsp3) is 0.421. The summed E-state index contributed by atoms with van der Waals surface area (Å²) >= 11 is 0. The minimum atomic E-state index is -4.36. The molecule has 1 aromatic carbocycles. The summed E-state index contributed by atoms with van der Waals surface area (Å²) in [4.78, 5) is 14.3. The number of hydrogen-bond donors (Lipinski definition) is 1. The third-order valence-electron chi connectivity index (χ3n) is 4.41. The number of amides is 2. The van der Waals surface area contributed by atoms with E-state index in [0.29, 0.717) is 11.3 Å². The Morgan fingerprint density at radius 3 is 2.38 bits per heavy atom. The first-order valence-corrected chi connectivity index (χ1v) is 8.53. The van der Waals surface area contributed by atoms with Crippen molar-refractivity contribution < 1.29 is 22.4 Å². The van der Waals surface area contributed by atoms with E-state index in [4.69, 9.17) is 4.42 Å². The van der Waals surface area contributed by atoms with Crippen molar-refractivity contribution in [3.63, 3.8) is 0 Å². The van der Waals surface area contributed by atoms with Crippen molar-refractivity contribution in [2.45, 2.75) is 51.5 Å². The molecule has 0 spiro atoms. The van der Waals surface area contributed by atoms with Crippen molar-refractivity contribution in [3.8, 4) is 0 Å². The number of benzene rings is 1. The molecule has 0 saturated heterocycles. The lowest BCUT2D eigenvalue weighted by Crippen LogP contribution is -2.41. The van der Waals surface area contributed by atoms with E-state index in [9.17, 15) is 18.0 Å². The minimum Gasteiger partial charge on any atom is -0.464 e. The van der Waals surface area contributed by atoms with Crippen LogP contribution in [0.2, 0.25) is 0 Å². The van der Waals surface area contributed by atoms with Gasteiger partial charge in [0.1, 0.15) is 11.5 Å². The van der Waals surface area contributed by atoms with Crippen molar-refractivity contribution in [2.24, 2.45) is 0 Å². The van der Waals surface area contributed by atoms with Crippen molar-refractivity contribution in [3.05, 3.63) is 59.0 Å². The smallest absolute Gasteiger partial charge is 0.416 e. The molecule has 2 amide bonds.